The molecule has 0 radical (unpaired) electrons. The second-order valence-electron chi connectivity index (χ2n) is 3.25. The van der Waals surface area contributed by atoms with Crippen LogP contribution >= 0.6 is 11.3 Å². The molecule has 2 aromatic rings. The van der Waals surface area contributed by atoms with E-state index < -0.39 is 0 Å². The van der Waals surface area contributed by atoms with Crippen molar-refractivity contribution in [1.82, 2.24) is 15.2 Å². The van der Waals surface area contributed by atoms with Crippen molar-refractivity contribution in [3.05, 3.63) is 29.0 Å². The number of carbonyl (C=O) groups excluding carboxylic acids is 1. The third kappa shape index (κ3) is 2.56. The van der Waals surface area contributed by atoms with Gasteiger partial charge < -0.3 is 5.32 Å². The molecule has 0 atom stereocenters. The molecule has 0 aliphatic carbocycles. The summed E-state index contributed by atoms with van der Waals surface area (Å²) < 4.78 is 0. The van der Waals surface area contributed by atoms with Crippen LogP contribution in [-0.2, 0) is 0 Å². The van der Waals surface area contributed by atoms with Crippen LogP contribution < -0.4 is 10.6 Å². The first kappa shape index (κ1) is 11.5. The minimum absolute atomic E-state index is 0.229. The van der Waals surface area contributed by atoms with Crippen LogP contribution in [0.2, 0.25) is 0 Å². The summed E-state index contributed by atoms with van der Waals surface area (Å²) in [6.45, 7) is 1.83. The molecule has 1 amide bonds. The highest BCUT2D eigenvalue weighted by atomic mass is 32.1. The Labute approximate surface area is 102 Å². The van der Waals surface area contributed by atoms with E-state index in [1.54, 1.807) is 25.5 Å². The van der Waals surface area contributed by atoms with E-state index in [1.165, 1.54) is 11.3 Å². The lowest BCUT2D eigenvalue weighted by molar-refractivity contribution is 0.102. The van der Waals surface area contributed by atoms with Gasteiger partial charge >= 0.3 is 0 Å². The number of pyridine rings is 1. The van der Waals surface area contributed by atoms with Gasteiger partial charge in [0.1, 0.15) is 5.01 Å². The van der Waals surface area contributed by atoms with E-state index in [0.29, 0.717) is 16.4 Å². The molecule has 0 saturated heterocycles. The average molecular weight is 249 g/mol. The van der Waals surface area contributed by atoms with Gasteiger partial charge in [-0.3, -0.25) is 15.1 Å². The molecule has 2 rings (SSSR count). The standard InChI is InChI=1S/C10H11N5OS/c1-6-14-15-10(17-6)13-9(16)7-3-4-12-5-8(7)11-2/h3-5,11H,1-2H3,(H,13,15,16). The first-order valence-corrected chi connectivity index (χ1v) is 5.75. The van der Waals surface area contributed by atoms with Gasteiger partial charge in [0.25, 0.3) is 5.91 Å². The molecule has 0 bridgehead atoms. The SMILES string of the molecule is CNc1cnccc1C(=O)Nc1nnc(C)s1. The highest BCUT2D eigenvalue weighted by Gasteiger charge is 2.12. The Kier molecular flexibility index (Phi) is 3.29. The van der Waals surface area contributed by atoms with Gasteiger partial charge in [0.2, 0.25) is 5.13 Å². The summed E-state index contributed by atoms with van der Waals surface area (Å²) >= 11 is 1.33. The zero-order valence-corrected chi connectivity index (χ0v) is 10.2. The van der Waals surface area contributed by atoms with Gasteiger partial charge in [0, 0.05) is 13.2 Å². The Hall–Kier alpha value is -2.02. The third-order valence-electron chi connectivity index (χ3n) is 2.08. The van der Waals surface area contributed by atoms with Crippen LogP contribution in [-0.4, -0.2) is 28.1 Å². The first-order chi connectivity index (χ1) is 8.20. The molecular weight excluding hydrogens is 238 g/mol. The number of amides is 1. The number of anilines is 2. The molecule has 2 heterocycles. The Bertz CT molecular complexity index is 539. The Morgan fingerprint density at radius 1 is 1.41 bits per heavy atom. The smallest absolute Gasteiger partial charge is 0.259 e. The van der Waals surface area contributed by atoms with E-state index in [9.17, 15) is 4.79 Å². The number of hydrogen-bond donors (Lipinski definition) is 2. The van der Waals surface area contributed by atoms with Gasteiger partial charge in [0.05, 0.1) is 17.4 Å². The van der Waals surface area contributed by atoms with Crippen LogP contribution in [0.25, 0.3) is 0 Å². The van der Waals surface area contributed by atoms with Gasteiger partial charge in [-0.25, -0.2) is 0 Å². The lowest BCUT2D eigenvalue weighted by Gasteiger charge is -2.06. The van der Waals surface area contributed by atoms with Crippen molar-refractivity contribution >= 4 is 28.1 Å². The normalized spacial score (nSPS) is 10.0. The van der Waals surface area contributed by atoms with Crippen molar-refractivity contribution in [3.63, 3.8) is 0 Å². The van der Waals surface area contributed by atoms with E-state index in [0.717, 1.165) is 5.01 Å². The molecule has 88 valence electrons. The summed E-state index contributed by atoms with van der Waals surface area (Å²) in [4.78, 5) is 15.9. The van der Waals surface area contributed by atoms with Crippen LogP contribution in [0.3, 0.4) is 0 Å². The molecule has 2 N–H and O–H groups in total. The number of nitrogens with one attached hydrogen (secondary N) is 2. The zero-order valence-electron chi connectivity index (χ0n) is 9.39. The van der Waals surface area contributed by atoms with Gasteiger partial charge in [-0.2, -0.15) is 0 Å². The molecule has 0 unspecified atom stereocenters. The third-order valence-corrected chi connectivity index (χ3v) is 2.84. The summed E-state index contributed by atoms with van der Waals surface area (Å²) in [6, 6.07) is 1.65. The lowest BCUT2D eigenvalue weighted by atomic mass is 10.2. The van der Waals surface area contributed by atoms with Crippen molar-refractivity contribution in [2.24, 2.45) is 0 Å². The van der Waals surface area contributed by atoms with Crippen LogP contribution in [0.1, 0.15) is 15.4 Å². The van der Waals surface area contributed by atoms with Crippen LogP contribution in [0, 0.1) is 6.92 Å². The van der Waals surface area contributed by atoms with Crippen molar-refractivity contribution in [2.75, 3.05) is 17.7 Å². The van der Waals surface area contributed by atoms with Crippen molar-refractivity contribution in [1.29, 1.82) is 0 Å². The Morgan fingerprint density at radius 3 is 2.88 bits per heavy atom. The predicted molar refractivity (Wildman–Crippen MR) is 66.4 cm³/mol. The molecule has 0 aliphatic heterocycles. The molecule has 0 spiro atoms. The summed E-state index contributed by atoms with van der Waals surface area (Å²) in [7, 11) is 1.74. The zero-order chi connectivity index (χ0) is 12.3. The first-order valence-electron chi connectivity index (χ1n) is 4.94. The monoisotopic (exact) mass is 249 g/mol. The number of aromatic nitrogens is 3. The van der Waals surface area contributed by atoms with Crippen molar-refractivity contribution < 1.29 is 4.79 Å². The maximum absolute atomic E-state index is 12.0. The van der Waals surface area contributed by atoms with Crippen LogP contribution in [0.4, 0.5) is 10.8 Å². The number of hydrogen-bond acceptors (Lipinski definition) is 6. The van der Waals surface area contributed by atoms with E-state index in [2.05, 4.69) is 25.8 Å². The van der Waals surface area contributed by atoms with E-state index in [-0.39, 0.29) is 5.91 Å². The second-order valence-corrected chi connectivity index (χ2v) is 4.43. The van der Waals surface area contributed by atoms with E-state index in [4.69, 9.17) is 0 Å². The Balaban J connectivity index is 2.20. The number of rotatable bonds is 3. The maximum Gasteiger partial charge on any atom is 0.259 e. The molecular formula is C10H11N5OS. The summed E-state index contributed by atoms with van der Waals surface area (Å²) in [5, 5.41) is 14.6. The van der Waals surface area contributed by atoms with Crippen molar-refractivity contribution in [2.45, 2.75) is 6.92 Å². The molecule has 6 nitrogen and oxygen atoms in total. The largest absolute Gasteiger partial charge is 0.386 e. The minimum Gasteiger partial charge on any atom is -0.386 e. The van der Waals surface area contributed by atoms with Crippen LogP contribution in [0.5, 0.6) is 0 Å². The number of aryl methyl sites for hydroxylation is 1. The molecule has 0 aromatic carbocycles. The highest BCUT2D eigenvalue weighted by Crippen LogP contribution is 2.18. The number of carbonyl (C=O) groups is 1. The summed E-state index contributed by atoms with van der Waals surface area (Å²) in [6.07, 6.45) is 3.17. The fraction of sp³-hybridized carbons (Fsp3) is 0.200. The van der Waals surface area contributed by atoms with Crippen LogP contribution in [0.15, 0.2) is 18.5 Å². The van der Waals surface area contributed by atoms with E-state index in [1.807, 2.05) is 6.92 Å². The van der Waals surface area contributed by atoms with E-state index >= 15 is 0 Å². The maximum atomic E-state index is 12.0. The molecule has 7 heteroatoms. The summed E-state index contributed by atoms with van der Waals surface area (Å²) in [5.41, 5.74) is 1.20. The summed E-state index contributed by atoms with van der Waals surface area (Å²) in [5.74, 6) is -0.229. The molecule has 2 aromatic heterocycles. The fourth-order valence-electron chi connectivity index (χ4n) is 1.30. The molecule has 0 fully saturated rings. The molecule has 0 aliphatic rings. The number of nitrogens with zero attached hydrogens (tertiary/aromatic N) is 3. The molecule has 0 saturated carbocycles. The predicted octanol–water partition coefficient (Wildman–Crippen LogP) is 1.54. The lowest BCUT2D eigenvalue weighted by Crippen LogP contribution is -2.14. The fourth-order valence-corrected chi connectivity index (χ4v) is 1.89. The van der Waals surface area contributed by atoms with Gasteiger partial charge in [-0.15, -0.1) is 10.2 Å². The van der Waals surface area contributed by atoms with Crippen molar-refractivity contribution in [3.8, 4) is 0 Å². The van der Waals surface area contributed by atoms with Gasteiger partial charge in [-0.1, -0.05) is 11.3 Å². The minimum atomic E-state index is -0.229. The van der Waals surface area contributed by atoms with Gasteiger partial charge in [-0.05, 0) is 13.0 Å². The topological polar surface area (TPSA) is 79.8 Å². The van der Waals surface area contributed by atoms with Gasteiger partial charge in [0.15, 0.2) is 0 Å². The molecule has 17 heavy (non-hydrogen) atoms. The highest BCUT2D eigenvalue weighted by molar-refractivity contribution is 7.15. The average Bonchev–Trinajstić information content (AvgIpc) is 2.74. The second kappa shape index (κ2) is 4.88. The quantitative estimate of drug-likeness (QED) is 0.862. The Morgan fingerprint density at radius 2 is 2.24 bits per heavy atom.